The van der Waals surface area contributed by atoms with Crippen LogP contribution in [0, 0.1) is 28.6 Å². The molecule has 0 radical (unpaired) electrons. The van der Waals surface area contributed by atoms with Crippen LogP contribution in [0.1, 0.15) is 84.0 Å². The first-order valence-electron chi connectivity index (χ1n) is 10.9. The van der Waals surface area contributed by atoms with E-state index >= 15 is 0 Å². The lowest BCUT2D eigenvalue weighted by molar-refractivity contribution is -0.891. The van der Waals surface area contributed by atoms with Gasteiger partial charge in [-0.3, -0.25) is 0 Å². The molecule has 0 aromatic rings. The summed E-state index contributed by atoms with van der Waals surface area (Å²) in [6.07, 6.45) is 14.6. The van der Waals surface area contributed by atoms with E-state index in [0.29, 0.717) is 6.61 Å². The fraction of sp³-hybridized carbons (Fsp3) is 0.909. The van der Waals surface area contributed by atoms with Gasteiger partial charge in [-0.15, -0.1) is 0 Å². The first kappa shape index (κ1) is 25.9. The Morgan fingerprint density at radius 3 is 1.67 bits per heavy atom. The summed E-state index contributed by atoms with van der Waals surface area (Å²) in [5, 5.41) is 28.9. The van der Waals surface area contributed by atoms with Crippen LogP contribution in [0.5, 0.6) is 0 Å². The van der Waals surface area contributed by atoms with Gasteiger partial charge in [0.25, 0.3) is 0 Å². The minimum atomic E-state index is -1.56. The molecule has 156 valence electrons. The van der Waals surface area contributed by atoms with Crippen molar-refractivity contribution in [3.05, 3.63) is 0 Å². The van der Waals surface area contributed by atoms with Crippen LogP contribution >= 0.6 is 0 Å². The number of nitriles is 2. The maximum atomic E-state index is 11.6. The molecule has 0 aliphatic rings. The van der Waals surface area contributed by atoms with E-state index in [-0.39, 0.29) is 0 Å². The molecule has 27 heavy (non-hydrogen) atoms. The van der Waals surface area contributed by atoms with Crippen LogP contribution in [-0.4, -0.2) is 44.6 Å². The molecule has 0 rings (SSSR count). The quantitative estimate of drug-likeness (QED) is 0.204. The third-order valence-electron chi connectivity index (χ3n) is 5.15. The van der Waals surface area contributed by atoms with Crippen LogP contribution in [0.15, 0.2) is 0 Å². The van der Waals surface area contributed by atoms with Crippen molar-refractivity contribution in [2.75, 3.05) is 33.8 Å². The zero-order chi connectivity index (χ0) is 20.4. The Kier molecular flexibility index (Phi) is 16.3. The number of unbranched alkanes of at least 4 members (excludes halogenated alkanes) is 11. The van der Waals surface area contributed by atoms with Crippen molar-refractivity contribution >= 4 is 0 Å². The van der Waals surface area contributed by atoms with Crippen molar-refractivity contribution < 1.29 is 14.3 Å². The number of likely N-dealkylation sites (N-methyl/N-ethyl adjacent to an activating group) is 1. The number of quaternary nitrogens is 1. The predicted octanol–water partition coefficient (Wildman–Crippen LogP) is 4.13. The van der Waals surface area contributed by atoms with E-state index in [1.54, 1.807) is 12.1 Å². The summed E-state index contributed by atoms with van der Waals surface area (Å²) in [6.45, 7) is 4.33. The van der Waals surface area contributed by atoms with E-state index in [1.165, 1.54) is 77.0 Å². The zero-order valence-electron chi connectivity index (χ0n) is 17.9. The summed E-state index contributed by atoms with van der Waals surface area (Å²) >= 11 is 0. The molecule has 0 aliphatic carbocycles. The Labute approximate surface area is 167 Å². The Balaban J connectivity index is 3.55. The maximum Gasteiger partial charge on any atom is 0.144 e. The smallest absolute Gasteiger partial charge is 0.144 e. The fourth-order valence-corrected chi connectivity index (χ4v) is 3.16. The van der Waals surface area contributed by atoms with Gasteiger partial charge in [-0.2, -0.15) is 10.5 Å². The Morgan fingerprint density at radius 1 is 0.778 bits per heavy atom. The van der Waals surface area contributed by atoms with Gasteiger partial charge in [0.05, 0.1) is 39.4 Å². The van der Waals surface area contributed by atoms with E-state index in [4.69, 9.17) is 15.3 Å². The lowest BCUT2D eigenvalue weighted by Gasteiger charge is -2.31. The van der Waals surface area contributed by atoms with Crippen molar-refractivity contribution in [1.29, 1.82) is 10.5 Å². The largest absolute Gasteiger partial charge is 0.829 e. The molecule has 0 aromatic carbocycles. The lowest BCUT2D eigenvalue weighted by Crippen LogP contribution is -2.45. The molecule has 0 N–H and O–H groups in total. The number of hydrogen-bond acceptors (Lipinski definition) is 4. The van der Waals surface area contributed by atoms with Gasteiger partial charge in [-0.1, -0.05) is 71.1 Å². The molecule has 1 atom stereocenters. The van der Waals surface area contributed by atoms with Crippen molar-refractivity contribution in [2.24, 2.45) is 5.92 Å². The number of hydrogen-bond donors (Lipinski definition) is 0. The fourth-order valence-electron chi connectivity index (χ4n) is 3.16. The summed E-state index contributed by atoms with van der Waals surface area (Å²) in [5.41, 5.74) is 0. The monoisotopic (exact) mass is 379 g/mol. The second kappa shape index (κ2) is 17.0. The molecular weight excluding hydrogens is 338 g/mol. The first-order valence-corrected chi connectivity index (χ1v) is 10.9. The van der Waals surface area contributed by atoms with Crippen LogP contribution in [-0.2, 0) is 4.74 Å². The average molecular weight is 380 g/mol. The standard InChI is InChI=1S/C22H41N3O2/c1-4-5-6-7-8-9-10-11-12-13-14-15-16-25(2,3)17-18-27-22(26)21(19-23)20-24/h21-22H,4-18H2,1-3H3. The number of rotatable bonds is 18. The SMILES string of the molecule is CCCCCCCCCCCCCC[N+](C)(C)CCOC([O-])C(C#N)C#N. The van der Waals surface area contributed by atoms with E-state index in [9.17, 15) is 5.11 Å². The molecule has 5 nitrogen and oxygen atoms in total. The van der Waals surface area contributed by atoms with Gasteiger partial charge in [0.15, 0.2) is 0 Å². The Hall–Kier alpha value is -1.14. The second-order valence-electron chi connectivity index (χ2n) is 8.25. The minimum Gasteiger partial charge on any atom is -0.829 e. The van der Waals surface area contributed by atoms with Gasteiger partial charge in [-0.05, 0) is 12.8 Å². The number of ether oxygens (including phenoxy) is 1. The molecule has 0 amide bonds. The highest BCUT2D eigenvalue weighted by molar-refractivity contribution is 5.00. The third-order valence-corrected chi connectivity index (χ3v) is 5.15. The Morgan fingerprint density at radius 2 is 1.22 bits per heavy atom. The normalized spacial score (nSPS) is 12.7. The molecule has 5 heteroatoms. The van der Waals surface area contributed by atoms with Crippen molar-refractivity contribution in [2.45, 2.75) is 90.3 Å². The molecule has 0 bridgehead atoms. The van der Waals surface area contributed by atoms with E-state index in [2.05, 4.69) is 21.0 Å². The summed E-state index contributed by atoms with van der Waals surface area (Å²) in [6, 6.07) is 3.35. The van der Waals surface area contributed by atoms with E-state index in [1.807, 2.05) is 0 Å². The van der Waals surface area contributed by atoms with Crippen LogP contribution in [0.25, 0.3) is 0 Å². The van der Waals surface area contributed by atoms with E-state index in [0.717, 1.165) is 17.6 Å². The molecule has 0 heterocycles. The average Bonchev–Trinajstić information content (AvgIpc) is 2.63. The highest BCUT2D eigenvalue weighted by Crippen LogP contribution is 2.12. The zero-order valence-corrected chi connectivity index (χ0v) is 17.9. The summed E-state index contributed by atoms with van der Waals surface area (Å²) in [7, 11) is 4.27. The molecule has 0 fully saturated rings. The molecular formula is C22H41N3O2. The highest BCUT2D eigenvalue weighted by atomic mass is 16.6. The molecule has 1 unspecified atom stereocenters. The van der Waals surface area contributed by atoms with Gasteiger partial charge in [0.2, 0.25) is 0 Å². The van der Waals surface area contributed by atoms with Crippen LogP contribution < -0.4 is 5.11 Å². The van der Waals surface area contributed by atoms with Crippen molar-refractivity contribution in [3.8, 4) is 12.1 Å². The Bertz CT molecular complexity index is 412. The predicted molar refractivity (Wildman–Crippen MR) is 107 cm³/mol. The molecule has 0 aliphatic heterocycles. The molecule has 0 spiro atoms. The minimum absolute atomic E-state index is 0.291. The highest BCUT2D eigenvalue weighted by Gasteiger charge is 2.16. The summed E-state index contributed by atoms with van der Waals surface area (Å²) in [5.74, 6) is -1.23. The second-order valence-corrected chi connectivity index (χ2v) is 8.25. The van der Waals surface area contributed by atoms with Gasteiger partial charge >= 0.3 is 0 Å². The third kappa shape index (κ3) is 15.6. The summed E-state index contributed by atoms with van der Waals surface area (Å²) in [4.78, 5) is 0. The van der Waals surface area contributed by atoms with Crippen LogP contribution in [0.2, 0.25) is 0 Å². The molecule has 0 saturated carbocycles. The van der Waals surface area contributed by atoms with E-state index < -0.39 is 12.2 Å². The summed E-state index contributed by atoms with van der Waals surface area (Å²) < 4.78 is 5.92. The van der Waals surface area contributed by atoms with Crippen LogP contribution in [0.3, 0.4) is 0 Å². The van der Waals surface area contributed by atoms with Gasteiger partial charge in [0, 0.05) is 6.29 Å². The maximum absolute atomic E-state index is 11.6. The molecule has 0 aromatic heterocycles. The van der Waals surface area contributed by atoms with Crippen molar-refractivity contribution in [1.82, 2.24) is 0 Å². The first-order chi connectivity index (χ1) is 13.0. The van der Waals surface area contributed by atoms with Gasteiger partial charge < -0.3 is 14.3 Å². The van der Waals surface area contributed by atoms with Gasteiger partial charge in [0.1, 0.15) is 12.5 Å². The van der Waals surface area contributed by atoms with Crippen LogP contribution in [0.4, 0.5) is 0 Å². The van der Waals surface area contributed by atoms with Gasteiger partial charge in [-0.25, -0.2) is 0 Å². The molecule has 0 saturated heterocycles. The lowest BCUT2D eigenvalue weighted by atomic mass is 10.1. The van der Waals surface area contributed by atoms with Crippen molar-refractivity contribution in [3.63, 3.8) is 0 Å². The number of nitrogens with zero attached hydrogens (tertiary/aromatic N) is 3. The topological polar surface area (TPSA) is 79.9 Å².